The van der Waals surface area contributed by atoms with E-state index in [0.717, 1.165) is 27.3 Å². The number of carbonyl (C=O) groups excluding carboxylic acids is 3. The summed E-state index contributed by atoms with van der Waals surface area (Å²) in [4.78, 5) is 46.7. The Morgan fingerprint density at radius 1 is 0.970 bits per heavy atom. The van der Waals surface area contributed by atoms with Gasteiger partial charge in [0.25, 0.3) is 5.91 Å². The molecule has 4 aromatic rings. The number of nitrogens with zero attached hydrogens (tertiary/aromatic N) is 2. The van der Waals surface area contributed by atoms with Gasteiger partial charge < -0.3 is 15.6 Å². The molecule has 1 fully saturated rings. The van der Waals surface area contributed by atoms with Crippen LogP contribution in [-0.2, 0) is 15.1 Å². The van der Waals surface area contributed by atoms with Gasteiger partial charge in [-0.1, -0.05) is 42.5 Å². The van der Waals surface area contributed by atoms with Crippen LogP contribution in [-0.4, -0.2) is 39.3 Å². The molecule has 0 radical (unpaired) electrons. The maximum absolute atomic E-state index is 13.0. The van der Waals surface area contributed by atoms with Crippen LogP contribution in [0.15, 0.2) is 78.9 Å². The zero-order chi connectivity index (χ0) is 23.0. The Hall–Kier alpha value is -4.46. The molecule has 0 saturated carbocycles. The van der Waals surface area contributed by atoms with E-state index in [9.17, 15) is 14.4 Å². The minimum Gasteiger partial charge on any atom is -0.338 e. The highest BCUT2D eigenvalue weighted by atomic mass is 16.2. The molecule has 0 spiro atoms. The van der Waals surface area contributed by atoms with E-state index in [1.54, 1.807) is 43.3 Å². The average molecular weight is 439 g/mol. The van der Waals surface area contributed by atoms with E-state index in [4.69, 9.17) is 0 Å². The molecule has 3 aromatic carbocycles. The predicted octanol–water partition coefficient (Wildman–Crippen LogP) is 3.64. The number of imidazole rings is 1. The molecule has 1 atom stereocenters. The summed E-state index contributed by atoms with van der Waals surface area (Å²) >= 11 is 0. The fraction of sp³-hybridized carbons (Fsp3) is 0.120. The van der Waals surface area contributed by atoms with E-state index < -0.39 is 23.4 Å². The van der Waals surface area contributed by atoms with Crippen LogP contribution in [0, 0.1) is 0 Å². The summed E-state index contributed by atoms with van der Waals surface area (Å²) in [6, 6.07) is 23.3. The lowest BCUT2D eigenvalue weighted by Gasteiger charge is -2.22. The van der Waals surface area contributed by atoms with Gasteiger partial charge in [-0.25, -0.2) is 9.78 Å². The van der Waals surface area contributed by atoms with Gasteiger partial charge in [-0.15, -0.1) is 0 Å². The van der Waals surface area contributed by atoms with Gasteiger partial charge >= 0.3 is 6.03 Å². The van der Waals surface area contributed by atoms with Gasteiger partial charge in [0.05, 0.1) is 11.0 Å². The summed E-state index contributed by atoms with van der Waals surface area (Å²) in [7, 11) is 0. The predicted molar refractivity (Wildman–Crippen MR) is 124 cm³/mol. The van der Waals surface area contributed by atoms with Gasteiger partial charge in [0.15, 0.2) is 0 Å². The van der Waals surface area contributed by atoms with Gasteiger partial charge in [-0.2, -0.15) is 0 Å². The smallest absolute Gasteiger partial charge is 0.325 e. The number of hydrogen-bond acceptors (Lipinski definition) is 4. The Morgan fingerprint density at radius 3 is 2.39 bits per heavy atom. The van der Waals surface area contributed by atoms with Crippen LogP contribution in [0.2, 0.25) is 0 Å². The lowest BCUT2D eigenvalue weighted by molar-refractivity contribution is -0.133. The first-order valence-corrected chi connectivity index (χ1v) is 10.5. The maximum atomic E-state index is 13.0. The second-order valence-corrected chi connectivity index (χ2v) is 8.04. The maximum Gasteiger partial charge on any atom is 0.325 e. The third-order valence-electron chi connectivity index (χ3n) is 5.76. The number of aromatic amines is 1. The standard InChI is InChI=1S/C25H21N5O3/c1-25(17-7-3-2-4-8-17)23(32)30(24(33)29-25)15-21(31)26-18-13-11-16(12-14-18)22-27-19-9-5-6-10-20(19)28-22/h2-14H,15H2,1H3,(H,26,31)(H,27,28)(H,29,33)/t25-/m1/s1. The van der Waals surface area contributed by atoms with E-state index in [1.807, 2.05) is 42.5 Å². The fourth-order valence-electron chi connectivity index (χ4n) is 3.95. The summed E-state index contributed by atoms with van der Waals surface area (Å²) in [6.07, 6.45) is 0. The molecule has 0 unspecified atom stereocenters. The number of H-pyrrole nitrogens is 1. The molecule has 1 saturated heterocycles. The van der Waals surface area contributed by atoms with Crippen LogP contribution in [0.1, 0.15) is 12.5 Å². The number of aromatic nitrogens is 2. The normalized spacial score (nSPS) is 17.9. The minimum absolute atomic E-state index is 0.377. The molecule has 8 nitrogen and oxygen atoms in total. The molecule has 3 N–H and O–H groups in total. The van der Waals surface area contributed by atoms with Crippen molar-refractivity contribution in [1.29, 1.82) is 0 Å². The second kappa shape index (κ2) is 7.90. The van der Waals surface area contributed by atoms with Crippen LogP contribution in [0.25, 0.3) is 22.4 Å². The van der Waals surface area contributed by atoms with Crippen molar-refractivity contribution in [1.82, 2.24) is 20.2 Å². The van der Waals surface area contributed by atoms with Gasteiger partial charge in [-0.3, -0.25) is 14.5 Å². The number of imide groups is 1. The summed E-state index contributed by atoms with van der Waals surface area (Å²) in [5.41, 5.74) is 2.70. The van der Waals surface area contributed by atoms with Crippen molar-refractivity contribution in [3.63, 3.8) is 0 Å². The lowest BCUT2D eigenvalue weighted by atomic mass is 9.92. The van der Waals surface area contributed by atoms with Crippen LogP contribution in [0.3, 0.4) is 0 Å². The van der Waals surface area contributed by atoms with E-state index in [2.05, 4.69) is 20.6 Å². The Bertz CT molecular complexity index is 1330. The first kappa shape index (κ1) is 20.4. The van der Waals surface area contributed by atoms with E-state index >= 15 is 0 Å². The largest absolute Gasteiger partial charge is 0.338 e. The average Bonchev–Trinajstić information content (AvgIpc) is 3.35. The molecule has 4 amide bonds. The highest BCUT2D eigenvalue weighted by Gasteiger charge is 2.49. The first-order valence-electron chi connectivity index (χ1n) is 10.5. The van der Waals surface area contributed by atoms with Crippen LogP contribution >= 0.6 is 0 Å². The quantitative estimate of drug-likeness (QED) is 0.413. The summed E-state index contributed by atoms with van der Waals surface area (Å²) in [5, 5.41) is 5.44. The van der Waals surface area contributed by atoms with Crippen molar-refractivity contribution in [2.24, 2.45) is 0 Å². The number of carbonyl (C=O) groups is 3. The number of hydrogen-bond donors (Lipinski definition) is 3. The third-order valence-corrected chi connectivity index (χ3v) is 5.76. The zero-order valence-corrected chi connectivity index (χ0v) is 17.8. The molecule has 5 rings (SSSR count). The van der Waals surface area contributed by atoms with Crippen LogP contribution < -0.4 is 10.6 Å². The van der Waals surface area contributed by atoms with Crippen molar-refractivity contribution >= 4 is 34.6 Å². The number of para-hydroxylation sites is 2. The van der Waals surface area contributed by atoms with Crippen molar-refractivity contribution in [3.05, 3.63) is 84.4 Å². The molecular formula is C25H21N5O3. The molecule has 164 valence electrons. The van der Waals surface area contributed by atoms with Gasteiger partial charge in [0.2, 0.25) is 5.91 Å². The molecule has 0 aliphatic carbocycles. The number of anilines is 1. The summed E-state index contributed by atoms with van der Waals surface area (Å²) < 4.78 is 0. The van der Waals surface area contributed by atoms with E-state index in [1.165, 1.54) is 0 Å². The zero-order valence-electron chi connectivity index (χ0n) is 17.8. The van der Waals surface area contributed by atoms with Crippen molar-refractivity contribution in [3.8, 4) is 11.4 Å². The van der Waals surface area contributed by atoms with Crippen molar-refractivity contribution < 1.29 is 14.4 Å². The SMILES string of the molecule is C[C@]1(c2ccccc2)NC(=O)N(CC(=O)Nc2ccc(-c3nc4ccccc4[nH]3)cc2)C1=O. The number of urea groups is 1. The molecule has 1 aromatic heterocycles. The van der Waals surface area contributed by atoms with Gasteiger partial charge in [0.1, 0.15) is 17.9 Å². The molecule has 1 aliphatic heterocycles. The van der Waals surface area contributed by atoms with E-state index in [-0.39, 0.29) is 6.54 Å². The molecule has 1 aliphatic rings. The highest BCUT2D eigenvalue weighted by molar-refractivity contribution is 6.10. The Kier molecular flexibility index (Phi) is 4.90. The number of fused-ring (bicyclic) bond motifs is 1. The molecule has 33 heavy (non-hydrogen) atoms. The number of nitrogens with one attached hydrogen (secondary N) is 3. The molecule has 0 bridgehead atoms. The number of amides is 4. The Labute approximate surface area is 189 Å². The minimum atomic E-state index is -1.20. The third kappa shape index (κ3) is 3.71. The van der Waals surface area contributed by atoms with Crippen molar-refractivity contribution in [2.75, 3.05) is 11.9 Å². The van der Waals surface area contributed by atoms with Gasteiger partial charge in [0, 0.05) is 11.3 Å². The van der Waals surface area contributed by atoms with Crippen LogP contribution in [0.4, 0.5) is 10.5 Å². The first-order chi connectivity index (χ1) is 15.9. The van der Waals surface area contributed by atoms with Crippen LogP contribution in [0.5, 0.6) is 0 Å². The number of rotatable bonds is 5. The molecule has 8 heteroatoms. The molecular weight excluding hydrogens is 418 g/mol. The topological polar surface area (TPSA) is 107 Å². The Morgan fingerprint density at radius 2 is 1.67 bits per heavy atom. The second-order valence-electron chi connectivity index (χ2n) is 8.04. The van der Waals surface area contributed by atoms with E-state index in [0.29, 0.717) is 11.3 Å². The lowest BCUT2D eigenvalue weighted by Crippen LogP contribution is -2.42. The fourth-order valence-corrected chi connectivity index (χ4v) is 3.95. The number of benzene rings is 3. The monoisotopic (exact) mass is 439 g/mol. The summed E-state index contributed by atoms with van der Waals surface area (Å²) in [6.45, 7) is 1.26. The Balaban J connectivity index is 1.26. The summed E-state index contributed by atoms with van der Waals surface area (Å²) in [5.74, 6) is -0.199. The molecule has 2 heterocycles. The highest BCUT2D eigenvalue weighted by Crippen LogP contribution is 2.28. The van der Waals surface area contributed by atoms with Gasteiger partial charge in [-0.05, 0) is 48.9 Å². The van der Waals surface area contributed by atoms with Crippen molar-refractivity contribution in [2.45, 2.75) is 12.5 Å².